The minimum atomic E-state index is 0.535. The van der Waals surface area contributed by atoms with Crippen LogP contribution in [0.1, 0.15) is 5.56 Å². The molecule has 0 saturated carbocycles. The molecule has 0 aliphatic carbocycles. The molecule has 7 heteroatoms. The van der Waals surface area contributed by atoms with Gasteiger partial charge >= 0.3 is 0 Å². The van der Waals surface area contributed by atoms with Gasteiger partial charge in [-0.15, -0.1) is 6.42 Å². The monoisotopic (exact) mass is 396 g/mol. The van der Waals surface area contributed by atoms with Crippen LogP contribution < -0.4 is 10.2 Å². The van der Waals surface area contributed by atoms with Gasteiger partial charge in [-0.2, -0.15) is 5.10 Å². The molecular formula is C23H20N6O. The van der Waals surface area contributed by atoms with Gasteiger partial charge in [-0.05, 0) is 42.0 Å². The molecule has 5 rings (SSSR count). The molecule has 0 amide bonds. The van der Waals surface area contributed by atoms with Gasteiger partial charge < -0.3 is 15.0 Å². The second-order valence-corrected chi connectivity index (χ2v) is 7.09. The van der Waals surface area contributed by atoms with E-state index in [0.717, 1.165) is 65.3 Å². The first kappa shape index (κ1) is 18.2. The van der Waals surface area contributed by atoms with E-state index >= 15 is 0 Å². The molecule has 0 spiro atoms. The number of ether oxygens (including phenoxy) is 1. The summed E-state index contributed by atoms with van der Waals surface area (Å²) in [5, 5.41) is 11.2. The van der Waals surface area contributed by atoms with E-state index in [-0.39, 0.29) is 0 Å². The van der Waals surface area contributed by atoms with Crippen molar-refractivity contribution < 1.29 is 4.74 Å². The van der Waals surface area contributed by atoms with Crippen LogP contribution in [0.25, 0.3) is 22.0 Å². The van der Waals surface area contributed by atoms with Gasteiger partial charge in [0, 0.05) is 53.4 Å². The molecule has 0 bridgehead atoms. The first-order valence-corrected chi connectivity index (χ1v) is 9.76. The number of morpholine rings is 1. The van der Waals surface area contributed by atoms with Crippen LogP contribution in [-0.2, 0) is 4.74 Å². The normalized spacial score (nSPS) is 13.9. The fourth-order valence-electron chi connectivity index (χ4n) is 3.58. The van der Waals surface area contributed by atoms with Gasteiger partial charge in [0.15, 0.2) is 0 Å². The van der Waals surface area contributed by atoms with Gasteiger partial charge in [0.2, 0.25) is 5.95 Å². The van der Waals surface area contributed by atoms with E-state index in [9.17, 15) is 0 Å². The summed E-state index contributed by atoms with van der Waals surface area (Å²) >= 11 is 0. The van der Waals surface area contributed by atoms with E-state index in [1.165, 1.54) is 0 Å². The number of rotatable bonds is 4. The van der Waals surface area contributed by atoms with Gasteiger partial charge in [-0.3, -0.25) is 5.10 Å². The lowest BCUT2D eigenvalue weighted by Gasteiger charge is -2.29. The molecule has 148 valence electrons. The summed E-state index contributed by atoms with van der Waals surface area (Å²) in [6.45, 7) is 3.18. The topological polar surface area (TPSA) is 79.0 Å². The number of terminal acetylenes is 1. The zero-order chi connectivity index (χ0) is 20.3. The lowest BCUT2D eigenvalue weighted by atomic mass is 10.1. The number of benzene rings is 2. The highest BCUT2D eigenvalue weighted by Gasteiger charge is 2.14. The van der Waals surface area contributed by atoms with Crippen molar-refractivity contribution in [3.05, 3.63) is 60.6 Å². The van der Waals surface area contributed by atoms with E-state index in [0.29, 0.717) is 5.95 Å². The lowest BCUT2D eigenvalue weighted by Crippen LogP contribution is -2.36. The Hall–Kier alpha value is -3.89. The fraction of sp³-hybridized carbons (Fsp3) is 0.174. The minimum absolute atomic E-state index is 0.535. The summed E-state index contributed by atoms with van der Waals surface area (Å²) in [6, 6.07) is 12.1. The first-order chi connectivity index (χ1) is 14.8. The van der Waals surface area contributed by atoms with E-state index in [4.69, 9.17) is 11.2 Å². The lowest BCUT2D eigenvalue weighted by molar-refractivity contribution is 0.122. The Kier molecular flexibility index (Phi) is 4.75. The molecule has 2 aromatic carbocycles. The molecule has 0 unspecified atom stereocenters. The number of nitrogens with one attached hydrogen (secondary N) is 2. The zero-order valence-corrected chi connectivity index (χ0v) is 16.3. The summed E-state index contributed by atoms with van der Waals surface area (Å²) in [5.74, 6) is 3.17. The fourth-order valence-corrected chi connectivity index (χ4v) is 3.58. The highest BCUT2D eigenvalue weighted by Crippen LogP contribution is 2.30. The number of H-pyrrole nitrogens is 1. The Balaban J connectivity index is 1.50. The van der Waals surface area contributed by atoms with Crippen LogP contribution >= 0.6 is 0 Å². The second kappa shape index (κ2) is 7.85. The van der Waals surface area contributed by atoms with Gasteiger partial charge in [0.25, 0.3) is 0 Å². The highest BCUT2D eigenvalue weighted by atomic mass is 16.5. The Morgan fingerprint density at radius 3 is 2.77 bits per heavy atom. The van der Waals surface area contributed by atoms with E-state index < -0.39 is 0 Å². The average Bonchev–Trinajstić information content (AvgIpc) is 3.34. The number of hydrogen-bond acceptors (Lipinski definition) is 6. The average molecular weight is 396 g/mol. The summed E-state index contributed by atoms with van der Waals surface area (Å²) < 4.78 is 5.50. The molecule has 3 heterocycles. The van der Waals surface area contributed by atoms with Gasteiger partial charge in [-0.25, -0.2) is 9.97 Å². The molecule has 1 aliphatic heterocycles. The van der Waals surface area contributed by atoms with Crippen LogP contribution in [0, 0.1) is 12.3 Å². The summed E-state index contributed by atoms with van der Waals surface area (Å²) in [5.41, 5.74) is 5.78. The number of nitrogens with zero attached hydrogens (tertiary/aromatic N) is 4. The Labute approximate surface area is 174 Å². The molecule has 2 N–H and O–H groups in total. The third-order valence-corrected chi connectivity index (χ3v) is 5.13. The third-order valence-electron chi connectivity index (χ3n) is 5.13. The molecule has 1 saturated heterocycles. The maximum atomic E-state index is 5.50. The number of aromatic amines is 1. The molecule has 0 atom stereocenters. The van der Waals surface area contributed by atoms with Crippen molar-refractivity contribution in [3.63, 3.8) is 0 Å². The molecule has 4 aromatic rings. The molecule has 1 aliphatic rings. The number of aromatic nitrogens is 4. The highest BCUT2D eigenvalue weighted by molar-refractivity contribution is 5.81. The predicted octanol–water partition coefficient (Wildman–Crippen LogP) is 3.58. The molecule has 0 radical (unpaired) electrons. The second-order valence-electron chi connectivity index (χ2n) is 7.09. The molecular weight excluding hydrogens is 376 g/mol. The minimum Gasteiger partial charge on any atom is -0.378 e. The third kappa shape index (κ3) is 3.69. The van der Waals surface area contributed by atoms with Crippen molar-refractivity contribution in [1.29, 1.82) is 0 Å². The Morgan fingerprint density at radius 1 is 1.07 bits per heavy atom. The standard InChI is InChI=1S/C23H20N6O/c1-2-16-3-4-22-18(9-16)13-24-23(28-22)27-20-10-17(19-14-25-26-15-19)11-21(12-20)29-5-7-30-8-6-29/h1,3-4,9-15H,5-8H2,(H,25,26)(H,24,27,28). The summed E-state index contributed by atoms with van der Waals surface area (Å²) in [6.07, 6.45) is 11.0. The molecule has 30 heavy (non-hydrogen) atoms. The maximum Gasteiger partial charge on any atom is 0.227 e. The van der Waals surface area contributed by atoms with Crippen LogP contribution in [0.3, 0.4) is 0 Å². The van der Waals surface area contributed by atoms with Crippen LogP contribution in [0.15, 0.2) is 55.0 Å². The Bertz CT molecular complexity index is 1220. The number of fused-ring (bicyclic) bond motifs is 1. The SMILES string of the molecule is C#Cc1ccc2nc(Nc3cc(-c4cn[nH]c4)cc(N4CCOCC4)c3)ncc2c1. The largest absolute Gasteiger partial charge is 0.378 e. The quantitative estimate of drug-likeness (QED) is 0.514. The smallest absolute Gasteiger partial charge is 0.227 e. The Morgan fingerprint density at radius 2 is 1.97 bits per heavy atom. The van der Waals surface area contributed by atoms with Crippen molar-refractivity contribution in [2.75, 3.05) is 36.5 Å². The van der Waals surface area contributed by atoms with Crippen LogP contribution in [0.4, 0.5) is 17.3 Å². The molecule has 7 nitrogen and oxygen atoms in total. The number of hydrogen-bond donors (Lipinski definition) is 2. The zero-order valence-electron chi connectivity index (χ0n) is 16.3. The summed E-state index contributed by atoms with van der Waals surface area (Å²) in [7, 11) is 0. The van der Waals surface area contributed by atoms with Crippen LogP contribution in [-0.4, -0.2) is 46.5 Å². The molecule has 1 fully saturated rings. The first-order valence-electron chi connectivity index (χ1n) is 9.76. The number of anilines is 3. The van der Waals surface area contributed by atoms with Crippen molar-refractivity contribution >= 4 is 28.2 Å². The van der Waals surface area contributed by atoms with Crippen molar-refractivity contribution in [2.45, 2.75) is 0 Å². The van der Waals surface area contributed by atoms with Gasteiger partial charge in [-0.1, -0.05) is 5.92 Å². The van der Waals surface area contributed by atoms with Gasteiger partial charge in [0.05, 0.1) is 24.9 Å². The van der Waals surface area contributed by atoms with E-state index in [1.807, 2.05) is 30.6 Å². The summed E-state index contributed by atoms with van der Waals surface area (Å²) in [4.78, 5) is 11.4. The van der Waals surface area contributed by atoms with E-state index in [1.54, 1.807) is 6.20 Å². The maximum absolute atomic E-state index is 5.50. The van der Waals surface area contributed by atoms with Crippen molar-refractivity contribution in [2.24, 2.45) is 0 Å². The van der Waals surface area contributed by atoms with E-state index in [2.05, 4.69) is 54.5 Å². The predicted molar refractivity (Wildman–Crippen MR) is 118 cm³/mol. The van der Waals surface area contributed by atoms with Crippen LogP contribution in [0.2, 0.25) is 0 Å². The van der Waals surface area contributed by atoms with Crippen molar-refractivity contribution in [3.8, 4) is 23.5 Å². The van der Waals surface area contributed by atoms with Crippen molar-refractivity contribution in [1.82, 2.24) is 20.2 Å². The molecule has 2 aromatic heterocycles. The van der Waals surface area contributed by atoms with Gasteiger partial charge in [0.1, 0.15) is 0 Å². The van der Waals surface area contributed by atoms with Crippen LogP contribution in [0.5, 0.6) is 0 Å².